The monoisotopic (exact) mass is 330 g/mol. The second-order valence-electron chi connectivity index (χ2n) is 6.16. The summed E-state index contributed by atoms with van der Waals surface area (Å²) in [6.07, 6.45) is 2.00. The average molecular weight is 330 g/mol. The Bertz CT molecular complexity index is 399. The molecule has 0 aromatic rings. The van der Waals surface area contributed by atoms with Crippen LogP contribution in [-0.2, 0) is 14.4 Å². The summed E-state index contributed by atoms with van der Waals surface area (Å²) >= 11 is 0. The predicted molar refractivity (Wildman–Crippen MR) is 87.5 cm³/mol. The molecule has 0 radical (unpaired) electrons. The minimum absolute atomic E-state index is 0.152. The van der Waals surface area contributed by atoms with E-state index in [-0.39, 0.29) is 5.92 Å². The van der Waals surface area contributed by atoms with Gasteiger partial charge in [0.05, 0.1) is 6.04 Å². The Morgan fingerprint density at radius 1 is 1.00 bits per heavy atom. The predicted octanol–water partition coefficient (Wildman–Crippen LogP) is -0.437. The van der Waals surface area contributed by atoms with Gasteiger partial charge in [0.2, 0.25) is 11.8 Å². The van der Waals surface area contributed by atoms with Crippen LogP contribution >= 0.6 is 0 Å². The van der Waals surface area contributed by atoms with Crippen LogP contribution in [-0.4, -0.2) is 47.6 Å². The molecule has 0 aromatic carbocycles. The van der Waals surface area contributed by atoms with Crippen molar-refractivity contribution in [2.75, 3.05) is 6.54 Å². The fraction of sp³-hybridized carbons (Fsp3) is 0.800. The number of carboxylic acids is 1. The molecular weight excluding hydrogens is 300 g/mol. The molecule has 3 atom stereocenters. The van der Waals surface area contributed by atoms with Gasteiger partial charge in [0.15, 0.2) is 0 Å². The molecule has 0 aliphatic rings. The van der Waals surface area contributed by atoms with Crippen molar-refractivity contribution in [2.45, 2.75) is 64.6 Å². The Labute approximate surface area is 137 Å². The molecule has 134 valence electrons. The number of unbranched alkanes of at least 4 members (excludes halogenated alkanes) is 1. The highest BCUT2D eigenvalue weighted by molar-refractivity contribution is 5.91. The zero-order valence-corrected chi connectivity index (χ0v) is 14.2. The van der Waals surface area contributed by atoms with Crippen molar-refractivity contribution < 1.29 is 19.5 Å². The van der Waals surface area contributed by atoms with Gasteiger partial charge in [0.1, 0.15) is 12.1 Å². The molecule has 0 rings (SSSR count). The van der Waals surface area contributed by atoms with Crippen molar-refractivity contribution in [3.63, 3.8) is 0 Å². The number of hydrogen-bond donors (Lipinski definition) is 5. The van der Waals surface area contributed by atoms with Gasteiger partial charge in [-0.25, -0.2) is 4.79 Å². The molecule has 8 nitrogen and oxygen atoms in total. The van der Waals surface area contributed by atoms with E-state index >= 15 is 0 Å². The van der Waals surface area contributed by atoms with Crippen LogP contribution < -0.4 is 22.1 Å². The van der Waals surface area contributed by atoms with Crippen LogP contribution in [0.2, 0.25) is 0 Å². The van der Waals surface area contributed by atoms with E-state index in [2.05, 4.69) is 10.6 Å². The van der Waals surface area contributed by atoms with E-state index in [1.807, 2.05) is 13.8 Å². The van der Waals surface area contributed by atoms with Crippen LogP contribution in [0.15, 0.2) is 0 Å². The van der Waals surface area contributed by atoms with Crippen molar-refractivity contribution in [3.8, 4) is 0 Å². The highest BCUT2D eigenvalue weighted by atomic mass is 16.4. The van der Waals surface area contributed by atoms with Gasteiger partial charge in [0, 0.05) is 0 Å². The number of carbonyl (C=O) groups excluding carboxylic acids is 2. The maximum absolute atomic E-state index is 12.3. The lowest BCUT2D eigenvalue weighted by molar-refractivity contribution is -0.142. The van der Waals surface area contributed by atoms with Crippen molar-refractivity contribution in [1.29, 1.82) is 0 Å². The lowest BCUT2D eigenvalue weighted by Crippen LogP contribution is -2.54. The number of carboxylic acid groups (broad SMARTS) is 1. The van der Waals surface area contributed by atoms with Crippen molar-refractivity contribution in [2.24, 2.45) is 17.4 Å². The zero-order chi connectivity index (χ0) is 18.0. The number of aliphatic carboxylic acids is 1. The molecule has 0 heterocycles. The minimum Gasteiger partial charge on any atom is -0.480 e. The summed E-state index contributed by atoms with van der Waals surface area (Å²) < 4.78 is 0. The third-order valence-corrected chi connectivity index (χ3v) is 3.32. The molecule has 7 N–H and O–H groups in total. The van der Waals surface area contributed by atoms with Crippen LogP contribution in [0.25, 0.3) is 0 Å². The summed E-state index contributed by atoms with van der Waals surface area (Å²) in [6.45, 7) is 5.82. The van der Waals surface area contributed by atoms with Crippen molar-refractivity contribution in [3.05, 3.63) is 0 Å². The Kier molecular flexibility index (Phi) is 10.2. The molecule has 0 saturated carbocycles. The van der Waals surface area contributed by atoms with E-state index in [1.165, 1.54) is 6.92 Å². The Morgan fingerprint density at radius 3 is 2.00 bits per heavy atom. The van der Waals surface area contributed by atoms with Gasteiger partial charge in [-0.2, -0.15) is 0 Å². The molecule has 0 bridgehead atoms. The molecule has 0 aliphatic carbocycles. The summed E-state index contributed by atoms with van der Waals surface area (Å²) in [5, 5.41) is 14.3. The first-order chi connectivity index (χ1) is 10.7. The third-order valence-electron chi connectivity index (χ3n) is 3.32. The summed E-state index contributed by atoms with van der Waals surface area (Å²) in [4.78, 5) is 35.3. The molecule has 0 aromatic heterocycles. The summed E-state index contributed by atoms with van der Waals surface area (Å²) in [6, 6.07) is -2.53. The van der Waals surface area contributed by atoms with Crippen LogP contribution in [0.4, 0.5) is 0 Å². The number of carbonyl (C=O) groups is 3. The molecule has 0 fully saturated rings. The van der Waals surface area contributed by atoms with Crippen molar-refractivity contribution in [1.82, 2.24) is 10.6 Å². The normalized spacial score (nSPS) is 14.9. The highest BCUT2D eigenvalue weighted by Crippen LogP contribution is 2.07. The van der Waals surface area contributed by atoms with E-state index in [4.69, 9.17) is 11.5 Å². The maximum atomic E-state index is 12.3. The molecule has 8 heteroatoms. The summed E-state index contributed by atoms with van der Waals surface area (Å²) in [7, 11) is 0. The third kappa shape index (κ3) is 9.14. The minimum atomic E-state index is -1.10. The van der Waals surface area contributed by atoms with E-state index in [9.17, 15) is 19.5 Å². The molecule has 0 spiro atoms. The van der Waals surface area contributed by atoms with Crippen LogP contribution in [0, 0.1) is 5.92 Å². The largest absolute Gasteiger partial charge is 0.480 e. The lowest BCUT2D eigenvalue weighted by atomic mass is 10.0. The first kappa shape index (κ1) is 21.3. The van der Waals surface area contributed by atoms with Crippen molar-refractivity contribution >= 4 is 17.8 Å². The number of nitrogens with one attached hydrogen (secondary N) is 2. The molecule has 0 saturated heterocycles. The molecule has 23 heavy (non-hydrogen) atoms. The number of hydrogen-bond acceptors (Lipinski definition) is 5. The van der Waals surface area contributed by atoms with Gasteiger partial charge in [-0.3, -0.25) is 9.59 Å². The summed E-state index contributed by atoms with van der Waals surface area (Å²) in [5.74, 6) is -1.90. The van der Waals surface area contributed by atoms with E-state index in [1.54, 1.807) is 0 Å². The standard InChI is InChI=1S/C15H30N4O4/c1-9(2)8-12(19-13(20)10(3)17)14(21)18-11(15(22)23)6-4-5-7-16/h9-12H,4-8,16-17H2,1-3H3,(H,18,21)(H,19,20)(H,22,23). The fourth-order valence-corrected chi connectivity index (χ4v) is 2.03. The first-order valence-electron chi connectivity index (χ1n) is 7.98. The van der Waals surface area contributed by atoms with Gasteiger partial charge in [-0.05, 0) is 45.1 Å². The van der Waals surface area contributed by atoms with E-state index in [0.29, 0.717) is 32.2 Å². The van der Waals surface area contributed by atoms with Gasteiger partial charge in [-0.15, -0.1) is 0 Å². The SMILES string of the molecule is CC(C)CC(NC(=O)C(C)N)C(=O)NC(CCCCN)C(=O)O. The first-order valence-corrected chi connectivity index (χ1v) is 7.98. The molecule has 3 unspecified atom stereocenters. The second-order valence-corrected chi connectivity index (χ2v) is 6.16. The van der Waals surface area contributed by atoms with Crippen LogP contribution in [0.3, 0.4) is 0 Å². The van der Waals surface area contributed by atoms with Gasteiger partial charge >= 0.3 is 5.97 Å². The van der Waals surface area contributed by atoms with Gasteiger partial charge in [0.25, 0.3) is 0 Å². The van der Waals surface area contributed by atoms with Crippen LogP contribution in [0.5, 0.6) is 0 Å². The van der Waals surface area contributed by atoms with E-state index < -0.39 is 35.9 Å². The van der Waals surface area contributed by atoms with Gasteiger partial charge in [-0.1, -0.05) is 13.8 Å². The summed E-state index contributed by atoms with van der Waals surface area (Å²) in [5.41, 5.74) is 10.9. The average Bonchev–Trinajstić information content (AvgIpc) is 2.44. The number of amides is 2. The molecule has 0 aliphatic heterocycles. The quantitative estimate of drug-likeness (QED) is 0.324. The van der Waals surface area contributed by atoms with Crippen LogP contribution in [0.1, 0.15) is 46.5 Å². The number of rotatable bonds is 11. The van der Waals surface area contributed by atoms with Gasteiger partial charge < -0.3 is 27.2 Å². The Hall–Kier alpha value is -1.67. The zero-order valence-electron chi connectivity index (χ0n) is 14.2. The fourth-order valence-electron chi connectivity index (χ4n) is 2.03. The number of nitrogens with two attached hydrogens (primary N) is 2. The molecular formula is C15H30N4O4. The smallest absolute Gasteiger partial charge is 0.326 e. The lowest BCUT2D eigenvalue weighted by Gasteiger charge is -2.23. The Morgan fingerprint density at radius 2 is 1.57 bits per heavy atom. The highest BCUT2D eigenvalue weighted by Gasteiger charge is 2.27. The molecule has 2 amide bonds. The maximum Gasteiger partial charge on any atom is 0.326 e. The topological polar surface area (TPSA) is 148 Å². The van der Waals surface area contributed by atoms with E-state index in [0.717, 1.165) is 0 Å². The second kappa shape index (κ2) is 11.0. The Balaban J connectivity index is 4.82.